The molecule has 0 N–H and O–H groups in total. The minimum Gasteiger partial charge on any atom is -0.469 e. The Labute approximate surface area is 109 Å². The van der Waals surface area contributed by atoms with Crippen LogP contribution in [-0.4, -0.2) is 42.4 Å². The average molecular weight is 341 g/mol. The molecule has 1 rings (SSSR count). The Morgan fingerprint density at radius 2 is 1.50 bits per heavy atom. The maximum atomic E-state index is 11.2. The number of halogens is 1. The summed E-state index contributed by atoms with van der Waals surface area (Å²) in [7, 11) is 2.77. The number of hydrogen-bond donors (Lipinski definition) is 0. The third-order valence-electron chi connectivity index (χ3n) is 2.84. The van der Waals surface area contributed by atoms with Gasteiger partial charge in [0.2, 0.25) is 0 Å². The van der Waals surface area contributed by atoms with E-state index in [4.69, 9.17) is 0 Å². The van der Waals surface area contributed by atoms with E-state index in [1.807, 2.05) is 0 Å². The molecule has 0 aromatic heterocycles. The summed E-state index contributed by atoms with van der Waals surface area (Å²) in [6.07, 6.45) is 0.745. The number of carbonyl (C=O) groups is 2. The first kappa shape index (κ1) is 13.7. The topological polar surface area (TPSA) is 55.8 Å². The van der Waals surface area contributed by atoms with Gasteiger partial charge < -0.3 is 9.47 Å². The van der Waals surface area contributed by atoms with Gasteiger partial charge in [0.1, 0.15) is 0 Å². The third-order valence-corrected chi connectivity index (χ3v) is 3.63. The summed E-state index contributed by atoms with van der Waals surface area (Å²) < 4.78 is 11.4. The average Bonchev–Trinajstić information content (AvgIpc) is 2.58. The molecule has 16 heavy (non-hydrogen) atoms. The molecule has 1 aliphatic heterocycles. The van der Waals surface area contributed by atoms with Gasteiger partial charge in [-0.3, -0.25) is 9.59 Å². The van der Waals surface area contributed by atoms with Gasteiger partial charge in [-0.2, -0.15) is 0 Å². The van der Waals surface area contributed by atoms with Gasteiger partial charge in [-0.05, 0) is 11.8 Å². The van der Waals surface area contributed by atoms with Crippen molar-refractivity contribution >= 4 is 34.8 Å². The van der Waals surface area contributed by atoms with Gasteiger partial charge in [0.05, 0.1) is 14.2 Å². The lowest BCUT2D eigenvalue weighted by atomic mass is 9.90. The van der Waals surface area contributed by atoms with Crippen LogP contribution in [0.2, 0.25) is 0 Å². The predicted octanol–water partition coefficient (Wildman–Crippen LogP) is 1.01. The van der Waals surface area contributed by atoms with Crippen molar-refractivity contribution < 1.29 is 19.1 Å². The molecule has 1 fully saturated rings. The summed E-state index contributed by atoms with van der Waals surface area (Å²) in [5.74, 6) is -0.0648. The van der Waals surface area contributed by atoms with Crippen molar-refractivity contribution in [2.75, 3.05) is 27.3 Å². The molecule has 1 aliphatic rings. The van der Waals surface area contributed by atoms with Crippen molar-refractivity contribution in [3.63, 3.8) is 0 Å². The number of nitrogens with zero attached hydrogens (tertiary/aromatic N) is 1. The highest BCUT2D eigenvalue weighted by atomic mass is 127. The quantitative estimate of drug-likeness (QED) is 0.434. The Morgan fingerprint density at radius 3 is 1.81 bits per heavy atom. The number of ether oxygens (including phenoxy) is 2. The van der Waals surface area contributed by atoms with Gasteiger partial charge in [-0.25, -0.2) is 3.11 Å². The lowest BCUT2D eigenvalue weighted by Crippen LogP contribution is -2.20. The summed E-state index contributed by atoms with van der Waals surface area (Å²) in [5, 5.41) is 0. The first-order valence-corrected chi connectivity index (χ1v) is 6.07. The molecule has 0 aromatic rings. The Bertz CT molecular complexity index is 246. The number of esters is 2. The predicted molar refractivity (Wildman–Crippen MR) is 65.8 cm³/mol. The van der Waals surface area contributed by atoms with Crippen LogP contribution >= 0.6 is 22.9 Å². The van der Waals surface area contributed by atoms with Crippen molar-refractivity contribution in [2.24, 2.45) is 11.8 Å². The summed E-state index contributed by atoms with van der Waals surface area (Å²) in [4.78, 5) is 22.4. The van der Waals surface area contributed by atoms with Crippen molar-refractivity contribution in [1.29, 1.82) is 0 Å². The van der Waals surface area contributed by atoms with Gasteiger partial charge >= 0.3 is 11.9 Å². The highest BCUT2D eigenvalue weighted by Gasteiger charge is 2.34. The van der Waals surface area contributed by atoms with Gasteiger partial charge in [-0.15, -0.1) is 0 Å². The maximum absolute atomic E-state index is 11.2. The Morgan fingerprint density at radius 1 is 1.12 bits per heavy atom. The molecular weight excluding hydrogens is 325 g/mol. The third kappa shape index (κ3) is 3.89. The van der Waals surface area contributed by atoms with E-state index >= 15 is 0 Å². The van der Waals surface area contributed by atoms with Gasteiger partial charge in [0.15, 0.2) is 0 Å². The monoisotopic (exact) mass is 341 g/mol. The van der Waals surface area contributed by atoms with E-state index < -0.39 is 0 Å². The minimum atomic E-state index is -0.216. The Kier molecular flexibility index (Phi) is 5.47. The molecule has 2 atom stereocenters. The standard InChI is InChI=1S/C10H16INO4/c1-15-9(13)3-7-5-12(11)6-8(7)4-10(14)16-2/h7-8H,3-6H2,1-2H3. The Hall–Kier alpha value is -0.370. The molecule has 0 spiro atoms. The lowest BCUT2D eigenvalue weighted by molar-refractivity contribution is -0.144. The second-order valence-corrected chi connectivity index (χ2v) is 5.27. The normalized spacial score (nSPS) is 25.4. The maximum Gasteiger partial charge on any atom is 0.305 e. The number of rotatable bonds is 4. The number of carbonyl (C=O) groups excluding carboxylic acids is 2. The van der Waals surface area contributed by atoms with E-state index in [-0.39, 0.29) is 23.8 Å². The van der Waals surface area contributed by atoms with E-state index in [1.165, 1.54) is 14.2 Å². The summed E-state index contributed by atoms with van der Waals surface area (Å²) in [6, 6.07) is 0. The van der Waals surface area contributed by atoms with Crippen molar-refractivity contribution in [3.05, 3.63) is 0 Å². The van der Waals surface area contributed by atoms with Gasteiger partial charge in [-0.1, -0.05) is 0 Å². The van der Waals surface area contributed by atoms with Crippen LogP contribution in [0.4, 0.5) is 0 Å². The molecule has 92 valence electrons. The van der Waals surface area contributed by atoms with Crippen molar-refractivity contribution in [1.82, 2.24) is 3.11 Å². The van der Waals surface area contributed by atoms with Crippen LogP contribution in [0.15, 0.2) is 0 Å². The van der Waals surface area contributed by atoms with Crippen LogP contribution in [0.5, 0.6) is 0 Å². The van der Waals surface area contributed by atoms with Crippen LogP contribution in [0.3, 0.4) is 0 Å². The van der Waals surface area contributed by atoms with Crippen LogP contribution in [0, 0.1) is 11.8 Å². The fraction of sp³-hybridized carbons (Fsp3) is 0.800. The molecule has 0 saturated carbocycles. The number of methoxy groups -OCH3 is 2. The molecule has 1 saturated heterocycles. The highest BCUT2D eigenvalue weighted by molar-refractivity contribution is 14.1. The fourth-order valence-corrected chi connectivity index (χ4v) is 2.95. The summed E-state index contributed by atoms with van der Waals surface area (Å²) in [6.45, 7) is 1.63. The second-order valence-electron chi connectivity index (χ2n) is 3.91. The zero-order chi connectivity index (χ0) is 12.1. The van der Waals surface area contributed by atoms with Gasteiger partial charge in [0.25, 0.3) is 0 Å². The van der Waals surface area contributed by atoms with E-state index in [0.29, 0.717) is 12.8 Å². The molecule has 0 radical (unpaired) electrons. The van der Waals surface area contributed by atoms with Crippen molar-refractivity contribution in [3.8, 4) is 0 Å². The molecular formula is C10H16INO4. The largest absolute Gasteiger partial charge is 0.469 e. The first-order chi connectivity index (χ1) is 7.56. The van der Waals surface area contributed by atoms with Crippen LogP contribution in [-0.2, 0) is 19.1 Å². The highest BCUT2D eigenvalue weighted by Crippen LogP contribution is 2.31. The van der Waals surface area contributed by atoms with E-state index in [1.54, 1.807) is 0 Å². The van der Waals surface area contributed by atoms with Crippen LogP contribution < -0.4 is 0 Å². The Balaban J connectivity index is 2.52. The summed E-state index contributed by atoms with van der Waals surface area (Å²) >= 11 is 2.21. The molecule has 1 heterocycles. The lowest BCUT2D eigenvalue weighted by Gasteiger charge is -2.15. The minimum absolute atomic E-state index is 0.184. The molecule has 0 aromatic carbocycles. The fourth-order valence-electron chi connectivity index (χ4n) is 1.94. The van der Waals surface area contributed by atoms with E-state index in [0.717, 1.165) is 13.1 Å². The van der Waals surface area contributed by atoms with Crippen LogP contribution in [0.1, 0.15) is 12.8 Å². The molecule has 0 bridgehead atoms. The van der Waals surface area contributed by atoms with Crippen LogP contribution in [0.25, 0.3) is 0 Å². The zero-order valence-electron chi connectivity index (χ0n) is 9.44. The zero-order valence-corrected chi connectivity index (χ0v) is 11.6. The first-order valence-electron chi connectivity index (χ1n) is 5.11. The molecule has 0 amide bonds. The second kappa shape index (κ2) is 6.39. The number of hydrogen-bond acceptors (Lipinski definition) is 5. The van der Waals surface area contributed by atoms with Crippen molar-refractivity contribution in [2.45, 2.75) is 12.8 Å². The molecule has 6 heteroatoms. The smallest absolute Gasteiger partial charge is 0.305 e. The molecule has 2 unspecified atom stereocenters. The van der Waals surface area contributed by atoms with E-state index in [2.05, 4.69) is 35.5 Å². The van der Waals surface area contributed by atoms with Gasteiger partial charge in [0, 0.05) is 48.8 Å². The van der Waals surface area contributed by atoms with E-state index in [9.17, 15) is 9.59 Å². The molecule has 0 aliphatic carbocycles. The molecule has 5 nitrogen and oxygen atoms in total. The summed E-state index contributed by atoms with van der Waals surface area (Å²) in [5.41, 5.74) is 0. The SMILES string of the molecule is COC(=O)CC1CN(I)CC1CC(=O)OC.